The van der Waals surface area contributed by atoms with Crippen LogP contribution < -0.4 is 5.32 Å². The van der Waals surface area contributed by atoms with E-state index in [4.69, 9.17) is 5.26 Å². The number of nitrogens with zero attached hydrogens (tertiary/aromatic N) is 1. The van der Waals surface area contributed by atoms with Crippen molar-refractivity contribution >= 4 is 5.69 Å². The number of hydrogen-bond acceptors (Lipinski definition) is 3. The first-order chi connectivity index (χ1) is 12.7. The van der Waals surface area contributed by atoms with Crippen molar-refractivity contribution in [3.63, 3.8) is 0 Å². The maximum Gasteiger partial charge on any atom is 0.138 e. The van der Waals surface area contributed by atoms with Gasteiger partial charge in [0.05, 0.1) is 23.4 Å². The summed E-state index contributed by atoms with van der Waals surface area (Å²) >= 11 is 0. The molecular weight excluding hydrogens is 320 g/mol. The highest BCUT2D eigenvalue weighted by Gasteiger charge is 2.23. The molecule has 0 radical (unpaired) electrons. The van der Waals surface area contributed by atoms with E-state index in [0.717, 1.165) is 11.1 Å². The average Bonchev–Trinajstić information content (AvgIpc) is 2.70. The van der Waals surface area contributed by atoms with Crippen molar-refractivity contribution in [3.05, 3.63) is 108 Å². The maximum absolute atomic E-state index is 10.2. The predicted molar refractivity (Wildman–Crippen MR) is 105 cm³/mol. The number of phenols is 1. The first kappa shape index (κ1) is 17.3. The summed E-state index contributed by atoms with van der Waals surface area (Å²) in [6.07, 6.45) is 1.91. The summed E-state index contributed by atoms with van der Waals surface area (Å²) < 4.78 is 0. The van der Waals surface area contributed by atoms with E-state index in [9.17, 15) is 5.11 Å². The second-order valence-corrected chi connectivity index (χ2v) is 6.05. The highest BCUT2D eigenvalue weighted by molar-refractivity contribution is 5.57. The van der Waals surface area contributed by atoms with Gasteiger partial charge < -0.3 is 10.4 Å². The summed E-state index contributed by atoms with van der Waals surface area (Å²) in [4.78, 5) is 0. The molecule has 0 saturated carbocycles. The average molecular weight is 340 g/mol. The highest BCUT2D eigenvalue weighted by atomic mass is 16.3. The van der Waals surface area contributed by atoms with Crippen LogP contribution in [-0.2, 0) is 0 Å². The molecule has 3 heteroatoms. The van der Waals surface area contributed by atoms with Crippen molar-refractivity contribution in [1.82, 2.24) is 0 Å². The molecule has 26 heavy (non-hydrogen) atoms. The molecule has 0 aliphatic heterocycles. The van der Waals surface area contributed by atoms with Gasteiger partial charge in [-0.2, -0.15) is 5.26 Å². The van der Waals surface area contributed by atoms with E-state index in [1.807, 2.05) is 48.5 Å². The van der Waals surface area contributed by atoms with Crippen LogP contribution >= 0.6 is 0 Å². The quantitative estimate of drug-likeness (QED) is 0.467. The topological polar surface area (TPSA) is 56.0 Å². The number of hydrogen-bond donors (Lipinski definition) is 2. The van der Waals surface area contributed by atoms with Crippen LogP contribution in [0, 0.1) is 11.3 Å². The Hall–Kier alpha value is -3.51. The first-order valence-corrected chi connectivity index (χ1v) is 8.45. The molecule has 2 N–H and O–H groups in total. The Balaban J connectivity index is 2.04. The van der Waals surface area contributed by atoms with Gasteiger partial charge in [0.15, 0.2) is 0 Å². The lowest BCUT2D eigenvalue weighted by Crippen LogP contribution is -2.18. The van der Waals surface area contributed by atoms with Crippen LogP contribution in [0.5, 0.6) is 5.75 Å². The Kier molecular flexibility index (Phi) is 5.36. The SMILES string of the molecule is C=C[C@H](c1ccccc1)[C@@H](Nc1ccccc1O)c1ccc(C#N)cc1. The summed E-state index contributed by atoms with van der Waals surface area (Å²) in [6.45, 7) is 4.03. The van der Waals surface area contributed by atoms with Crippen molar-refractivity contribution in [2.24, 2.45) is 0 Å². The van der Waals surface area contributed by atoms with Crippen molar-refractivity contribution < 1.29 is 5.11 Å². The fraction of sp³-hybridized carbons (Fsp3) is 0.0870. The molecule has 0 aromatic heterocycles. The molecule has 0 heterocycles. The largest absolute Gasteiger partial charge is 0.506 e. The van der Waals surface area contributed by atoms with E-state index in [-0.39, 0.29) is 17.7 Å². The molecule has 3 rings (SSSR count). The number of phenolic OH excluding ortho intramolecular Hbond substituents is 1. The Morgan fingerprint density at radius 1 is 0.885 bits per heavy atom. The number of nitriles is 1. The summed E-state index contributed by atoms with van der Waals surface area (Å²) in [6, 6.07) is 26.8. The number of nitrogens with one attached hydrogen (secondary N) is 1. The number of rotatable bonds is 6. The van der Waals surface area contributed by atoms with Crippen LogP contribution in [0.3, 0.4) is 0 Å². The normalized spacial score (nSPS) is 12.6. The number of benzene rings is 3. The highest BCUT2D eigenvalue weighted by Crippen LogP contribution is 2.37. The Bertz CT molecular complexity index is 911. The predicted octanol–water partition coefficient (Wildman–Crippen LogP) is 5.39. The zero-order valence-corrected chi connectivity index (χ0v) is 14.3. The van der Waals surface area contributed by atoms with E-state index in [1.54, 1.807) is 24.3 Å². The van der Waals surface area contributed by atoms with E-state index in [0.29, 0.717) is 11.3 Å². The second kappa shape index (κ2) is 8.04. The molecule has 128 valence electrons. The smallest absolute Gasteiger partial charge is 0.138 e. The van der Waals surface area contributed by atoms with Gasteiger partial charge in [0.1, 0.15) is 5.75 Å². The van der Waals surface area contributed by atoms with Crippen molar-refractivity contribution in [2.75, 3.05) is 5.32 Å². The third-order valence-corrected chi connectivity index (χ3v) is 4.41. The van der Waals surface area contributed by atoms with Gasteiger partial charge in [0.25, 0.3) is 0 Å². The third kappa shape index (κ3) is 3.76. The van der Waals surface area contributed by atoms with Crippen LogP contribution in [0.4, 0.5) is 5.69 Å². The Morgan fingerprint density at radius 2 is 1.54 bits per heavy atom. The van der Waals surface area contributed by atoms with Gasteiger partial charge >= 0.3 is 0 Å². The maximum atomic E-state index is 10.2. The van der Waals surface area contributed by atoms with E-state index < -0.39 is 0 Å². The lowest BCUT2D eigenvalue weighted by molar-refractivity contribution is 0.476. The second-order valence-electron chi connectivity index (χ2n) is 6.05. The fourth-order valence-corrected chi connectivity index (χ4v) is 3.05. The monoisotopic (exact) mass is 340 g/mol. The standard InChI is InChI=1S/C23H20N2O/c1-2-20(18-8-4-3-5-9-18)23(19-14-12-17(16-24)13-15-19)25-21-10-6-7-11-22(21)26/h2-15,20,23,25-26H,1H2/t20-,23+/m1/s1. The van der Waals surface area contributed by atoms with Gasteiger partial charge in [-0.1, -0.05) is 60.7 Å². The number of aromatic hydroxyl groups is 1. The van der Waals surface area contributed by atoms with Crippen molar-refractivity contribution in [1.29, 1.82) is 5.26 Å². The van der Waals surface area contributed by atoms with Crippen LogP contribution in [0.15, 0.2) is 91.5 Å². The van der Waals surface area contributed by atoms with Gasteiger partial charge in [-0.25, -0.2) is 0 Å². The van der Waals surface area contributed by atoms with Crippen molar-refractivity contribution in [3.8, 4) is 11.8 Å². The Morgan fingerprint density at radius 3 is 2.15 bits per heavy atom. The summed E-state index contributed by atoms with van der Waals surface area (Å²) in [7, 11) is 0. The van der Waals surface area contributed by atoms with Crippen LogP contribution in [0.25, 0.3) is 0 Å². The van der Waals surface area contributed by atoms with Gasteiger partial charge in [-0.3, -0.25) is 0 Å². The summed E-state index contributed by atoms with van der Waals surface area (Å²) in [5.41, 5.74) is 3.41. The molecule has 0 unspecified atom stereocenters. The molecule has 0 aliphatic carbocycles. The summed E-state index contributed by atoms with van der Waals surface area (Å²) in [5.74, 6) is 0.186. The molecule has 0 aliphatic rings. The van der Waals surface area contributed by atoms with Crippen LogP contribution in [-0.4, -0.2) is 5.11 Å². The lowest BCUT2D eigenvalue weighted by Gasteiger charge is -2.28. The summed E-state index contributed by atoms with van der Waals surface area (Å²) in [5, 5.41) is 22.7. The zero-order chi connectivity index (χ0) is 18.4. The van der Waals surface area contributed by atoms with Crippen molar-refractivity contribution in [2.45, 2.75) is 12.0 Å². The lowest BCUT2D eigenvalue weighted by atomic mass is 9.86. The van der Waals surface area contributed by atoms with Crippen LogP contribution in [0.2, 0.25) is 0 Å². The zero-order valence-electron chi connectivity index (χ0n) is 14.3. The Labute approximate surface area is 153 Å². The molecule has 2 atom stereocenters. The molecule has 0 fully saturated rings. The van der Waals surface area contributed by atoms with E-state index in [2.05, 4.69) is 30.1 Å². The van der Waals surface area contributed by atoms with Gasteiger partial charge in [-0.15, -0.1) is 6.58 Å². The van der Waals surface area contributed by atoms with Gasteiger partial charge in [0, 0.05) is 5.92 Å². The molecule has 3 aromatic carbocycles. The molecular formula is C23H20N2O. The molecule has 3 nitrogen and oxygen atoms in total. The molecule has 0 saturated heterocycles. The minimum Gasteiger partial charge on any atom is -0.506 e. The van der Waals surface area contributed by atoms with Gasteiger partial charge in [-0.05, 0) is 35.4 Å². The number of para-hydroxylation sites is 2. The third-order valence-electron chi connectivity index (χ3n) is 4.41. The molecule has 0 amide bonds. The molecule has 3 aromatic rings. The minimum absolute atomic E-state index is 0.0104. The van der Waals surface area contributed by atoms with Gasteiger partial charge in [0.2, 0.25) is 0 Å². The molecule has 0 bridgehead atoms. The minimum atomic E-state index is -0.143. The van der Waals surface area contributed by atoms with E-state index >= 15 is 0 Å². The first-order valence-electron chi connectivity index (χ1n) is 8.45. The van der Waals surface area contributed by atoms with Crippen LogP contribution in [0.1, 0.15) is 28.7 Å². The molecule has 0 spiro atoms. The van der Waals surface area contributed by atoms with E-state index in [1.165, 1.54) is 0 Å². The fourth-order valence-electron chi connectivity index (χ4n) is 3.05. The number of anilines is 1.